The summed E-state index contributed by atoms with van der Waals surface area (Å²) < 4.78 is 0. The average Bonchev–Trinajstić information content (AvgIpc) is 3.43. The molecule has 68 heavy (non-hydrogen) atoms. The maximum Gasteiger partial charge on any atom is 0.179 e. The molecule has 0 heterocycles. The highest BCUT2D eigenvalue weighted by Gasteiger charge is 2.41. The fourth-order valence-electron chi connectivity index (χ4n) is 9.80. The molecular weight excluding hydrogens is 835 g/mol. The molecule has 1 nitrogen and oxygen atoms in total. The van der Waals surface area contributed by atoms with Crippen molar-refractivity contribution in [3.05, 3.63) is 297 Å². The lowest BCUT2D eigenvalue weighted by molar-refractivity contribution is 1.28. The van der Waals surface area contributed by atoms with Crippen LogP contribution in [0.4, 0.5) is 17.1 Å². The van der Waals surface area contributed by atoms with E-state index in [9.17, 15) is 0 Å². The molecule has 0 aromatic heterocycles. The maximum absolute atomic E-state index is 2.57. The molecule has 0 bridgehead atoms. The number of hydrogen-bond acceptors (Lipinski definition) is 1. The lowest BCUT2D eigenvalue weighted by atomic mass is 9.98. The van der Waals surface area contributed by atoms with Crippen LogP contribution >= 0.6 is 0 Å². The molecule has 0 amide bonds. The van der Waals surface area contributed by atoms with Crippen molar-refractivity contribution in [1.29, 1.82) is 0 Å². The average molecular weight is 884 g/mol. The zero-order valence-electron chi connectivity index (χ0n) is 37.7. The van der Waals surface area contributed by atoms with Gasteiger partial charge in [-0.3, -0.25) is 0 Å². The standard InChI is InChI=1S/C66H49NSi/c1-6-16-50(17-7-1)56-34-42-60(43-35-56)67(61-44-36-57(37-45-61)51-18-8-2-9-19-51)62-46-38-58(39-47-62)54-30-26-52(27-31-54)53-28-32-55(33-29-53)59-40-48-66(49-41-59)68(63-20-10-3-11-21-63,64-22-12-4-13-23-64)65-24-14-5-15-25-65/h1-49H. The Labute approximate surface area is 401 Å². The smallest absolute Gasteiger partial charge is 0.179 e. The predicted molar refractivity (Wildman–Crippen MR) is 292 cm³/mol. The van der Waals surface area contributed by atoms with Gasteiger partial charge in [0.1, 0.15) is 0 Å². The Morgan fingerprint density at radius 3 is 0.588 bits per heavy atom. The lowest BCUT2D eigenvalue weighted by Gasteiger charge is -2.34. The van der Waals surface area contributed by atoms with E-state index in [2.05, 4.69) is 302 Å². The van der Waals surface area contributed by atoms with Crippen LogP contribution in [0.1, 0.15) is 0 Å². The highest BCUT2D eigenvalue weighted by molar-refractivity contribution is 7.19. The summed E-state index contributed by atoms with van der Waals surface area (Å²) in [6.45, 7) is 0. The molecule has 11 aromatic rings. The molecule has 0 aliphatic rings. The van der Waals surface area contributed by atoms with Crippen molar-refractivity contribution in [2.24, 2.45) is 0 Å². The molecule has 0 saturated heterocycles. The van der Waals surface area contributed by atoms with Gasteiger partial charge in [0.05, 0.1) is 0 Å². The van der Waals surface area contributed by atoms with Crippen LogP contribution in [-0.2, 0) is 0 Å². The molecule has 322 valence electrons. The van der Waals surface area contributed by atoms with E-state index in [1.165, 1.54) is 76.4 Å². The van der Waals surface area contributed by atoms with Crippen molar-refractivity contribution in [3.63, 3.8) is 0 Å². The van der Waals surface area contributed by atoms with E-state index in [1.54, 1.807) is 0 Å². The number of anilines is 3. The molecule has 0 atom stereocenters. The molecule has 0 N–H and O–H groups in total. The third-order valence-corrected chi connectivity index (χ3v) is 18.1. The fraction of sp³-hybridized carbons (Fsp3) is 0. The van der Waals surface area contributed by atoms with Crippen molar-refractivity contribution in [3.8, 4) is 55.6 Å². The molecular formula is C66H49NSi. The van der Waals surface area contributed by atoms with Crippen LogP contribution in [0.15, 0.2) is 297 Å². The van der Waals surface area contributed by atoms with Gasteiger partial charge in [-0.2, -0.15) is 0 Å². The molecule has 0 fully saturated rings. The number of rotatable bonds is 12. The molecule has 11 aromatic carbocycles. The van der Waals surface area contributed by atoms with Crippen LogP contribution in [0, 0.1) is 0 Å². The molecule has 0 radical (unpaired) electrons. The predicted octanol–water partition coefficient (Wildman–Crippen LogP) is 14.9. The van der Waals surface area contributed by atoms with E-state index in [0.29, 0.717) is 0 Å². The largest absolute Gasteiger partial charge is 0.311 e. The van der Waals surface area contributed by atoms with E-state index < -0.39 is 8.07 Å². The highest BCUT2D eigenvalue weighted by Crippen LogP contribution is 2.38. The van der Waals surface area contributed by atoms with Gasteiger partial charge in [-0.1, -0.05) is 261 Å². The zero-order chi connectivity index (χ0) is 45.5. The topological polar surface area (TPSA) is 3.24 Å². The summed E-state index contributed by atoms with van der Waals surface area (Å²) >= 11 is 0. The molecule has 0 spiro atoms. The summed E-state index contributed by atoms with van der Waals surface area (Å²) in [6.07, 6.45) is 0. The van der Waals surface area contributed by atoms with Crippen LogP contribution in [0.2, 0.25) is 0 Å². The maximum atomic E-state index is 2.37. The minimum atomic E-state index is -2.57. The molecule has 0 aliphatic heterocycles. The lowest BCUT2D eigenvalue weighted by Crippen LogP contribution is -2.74. The van der Waals surface area contributed by atoms with Crippen molar-refractivity contribution >= 4 is 45.9 Å². The Balaban J connectivity index is 0.838. The van der Waals surface area contributed by atoms with Gasteiger partial charge in [-0.05, 0) is 113 Å². The fourth-order valence-corrected chi connectivity index (χ4v) is 14.5. The number of benzene rings is 11. The zero-order valence-corrected chi connectivity index (χ0v) is 38.7. The van der Waals surface area contributed by atoms with Gasteiger partial charge in [0.15, 0.2) is 8.07 Å². The summed E-state index contributed by atoms with van der Waals surface area (Å²) in [6, 6.07) is 108. The summed E-state index contributed by atoms with van der Waals surface area (Å²) in [7, 11) is -2.57. The van der Waals surface area contributed by atoms with Crippen molar-refractivity contribution in [1.82, 2.24) is 0 Å². The van der Waals surface area contributed by atoms with Crippen LogP contribution in [0.5, 0.6) is 0 Å². The molecule has 11 rings (SSSR count). The molecule has 2 heteroatoms. The number of nitrogens with zero attached hydrogens (tertiary/aromatic N) is 1. The highest BCUT2D eigenvalue weighted by atomic mass is 28.3. The van der Waals surface area contributed by atoms with Crippen molar-refractivity contribution < 1.29 is 0 Å². The Morgan fingerprint density at radius 1 is 0.162 bits per heavy atom. The minimum Gasteiger partial charge on any atom is -0.311 e. The van der Waals surface area contributed by atoms with Crippen LogP contribution < -0.4 is 25.6 Å². The van der Waals surface area contributed by atoms with Gasteiger partial charge in [0, 0.05) is 17.1 Å². The van der Waals surface area contributed by atoms with Gasteiger partial charge in [-0.15, -0.1) is 0 Å². The number of hydrogen-bond donors (Lipinski definition) is 0. The first-order valence-corrected chi connectivity index (χ1v) is 25.4. The van der Waals surface area contributed by atoms with Crippen LogP contribution in [0.3, 0.4) is 0 Å². The molecule has 0 aliphatic carbocycles. The van der Waals surface area contributed by atoms with E-state index in [4.69, 9.17) is 0 Å². The van der Waals surface area contributed by atoms with Gasteiger partial charge in [-0.25, -0.2) is 0 Å². The summed E-state index contributed by atoms with van der Waals surface area (Å²) in [5.41, 5.74) is 15.3. The summed E-state index contributed by atoms with van der Waals surface area (Å²) in [4.78, 5) is 2.34. The first-order valence-electron chi connectivity index (χ1n) is 23.4. The summed E-state index contributed by atoms with van der Waals surface area (Å²) in [5, 5.41) is 5.51. The van der Waals surface area contributed by atoms with E-state index in [1.807, 2.05) is 0 Å². The SMILES string of the molecule is c1ccc(-c2ccc(N(c3ccc(-c4ccccc4)cc3)c3ccc(-c4ccc(-c5ccc(-c6ccc([Si](c7ccccc7)(c7ccccc7)c7ccccc7)cc6)cc5)cc4)cc3)cc2)cc1. The monoisotopic (exact) mass is 883 g/mol. The third kappa shape index (κ3) is 8.42. The van der Waals surface area contributed by atoms with Gasteiger partial charge in [0.25, 0.3) is 0 Å². The van der Waals surface area contributed by atoms with Crippen molar-refractivity contribution in [2.75, 3.05) is 4.90 Å². The quantitative estimate of drug-likeness (QED) is 0.0873. The first-order chi connectivity index (χ1) is 33.7. The normalized spacial score (nSPS) is 11.2. The summed E-state index contributed by atoms with van der Waals surface area (Å²) in [5.74, 6) is 0. The van der Waals surface area contributed by atoms with Gasteiger partial charge in [0.2, 0.25) is 0 Å². The van der Waals surface area contributed by atoms with Crippen molar-refractivity contribution in [2.45, 2.75) is 0 Å². The molecule has 0 saturated carbocycles. The Hall–Kier alpha value is -8.56. The Morgan fingerprint density at radius 2 is 0.338 bits per heavy atom. The first kappa shape index (κ1) is 42.1. The van der Waals surface area contributed by atoms with Gasteiger partial charge >= 0.3 is 0 Å². The third-order valence-electron chi connectivity index (χ3n) is 13.3. The van der Waals surface area contributed by atoms with E-state index in [0.717, 1.165) is 17.1 Å². The Bertz CT molecular complexity index is 3160. The second-order valence-corrected chi connectivity index (χ2v) is 21.1. The molecule has 0 unspecified atom stereocenters. The second kappa shape index (κ2) is 19.1. The van der Waals surface area contributed by atoms with E-state index >= 15 is 0 Å². The van der Waals surface area contributed by atoms with Crippen LogP contribution in [-0.4, -0.2) is 8.07 Å². The van der Waals surface area contributed by atoms with E-state index in [-0.39, 0.29) is 0 Å². The Kier molecular flexibility index (Phi) is 11.8. The minimum absolute atomic E-state index is 1.10. The second-order valence-electron chi connectivity index (χ2n) is 17.3. The van der Waals surface area contributed by atoms with Gasteiger partial charge < -0.3 is 4.90 Å². The van der Waals surface area contributed by atoms with Crippen LogP contribution in [0.25, 0.3) is 55.6 Å².